The topological polar surface area (TPSA) is 39.1 Å². The summed E-state index contributed by atoms with van der Waals surface area (Å²) in [5.41, 5.74) is 2.33. The van der Waals surface area contributed by atoms with Crippen molar-refractivity contribution in [2.75, 3.05) is 13.7 Å². The van der Waals surface area contributed by atoms with Gasteiger partial charge in [0.1, 0.15) is 6.61 Å². The predicted octanol–water partition coefficient (Wildman–Crippen LogP) is 3.45. The minimum absolute atomic E-state index is 0.645. The Hall–Kier alpha value is -1.55. The highest BCUT2D eigenvalue weighted by Gasteiger charge is 2.18. The molecule has 1 aromatic heterocycles. The Kier molecular flexibility index (Phi) is 5.33. The fourth-order valence-electron chi connectivity index (χ4n) is 3.33. The van der Waals surface area contributed by atoms with E-state index in [9.17, 15) is 0 Å². The van der Waals surface area contributed by atoms with Gasteiger partial charge in [-0.1, -0.05) is 31.1 Å². The molecule has 0 amide bonds. The minimum Gasteiger partial charge on any atom is -0.473 e. The molecule has 1 N–H and O–H groups in total. The molecular formula is C18H27N3O. The highest BCUT2D eigenvalue weighted by molar-refractivity contribution is 5.24. The number of nitrogens with zero attached hydrogens (tertiary/aromatic N) is 2. The van der Waals surface area contributed by atoms with E-state index in [1.54, 1.807) is 0 Å². The highest BCUT2D eigenvalue weighted by atomic mass is 16.5. The largest absolute Gasteiger partial charge is 0.473 e. The third-order valence-corrected chi connectivity index (χ3v) is 4.52. The number of ether oxygens (including phenoxy) is 1. The molecule has 1 fully saturated rings. The van der Waals surface area contributed by atoms with Gasteiger partial charge in [-0.2, -0.15) is 5.10 Å². The van der Waals surface area contributed by atoms with Crippen molar-refractivity contribution >= 4 is 0 Å². The number of nitrogens with one attached hydrogen (secondary N) is 1. The Labute approximate surface area is 133 Å². The second-order valence-electron chi connectivity index (χ2n) is 6.38. The van der Waals surface area contributed by atoms with Gasteiger partial charge in [0.2, 0.25) is 5.88 Å². The molecule has 2 aliphatic rings. The van der Waals surface area contributed by atoms with Crippen LogP contribution in [0.2, 0.25) is 0 Å². The Morgan fingerprint density at radius 3 is 2.91 bits per heavy atom. The molecule has 1 heterocycles. The average molecular weight is 301 g/mol. The first-order chi connectivity index (χ1) is 10.8. The van der Waals surface area contributed by atoms with E-state index >= 15 is 0 Å². The Balaban J connectivity index is 1.66. The molecule has 1 aromatic rings. The molecule has 22 heavy (non-hydrogen) atoms. The summed E-state index contributed by atoms with van der Waals surface area (Å²) in [5, 5.41) is 7.89. The summed E-state index contributed by atoms with van der Waals surface area (Å²) in [6.07, 6.45) is 14.3. The molecule has 0 bridgehead atoms. The summed E-state index contributed by atoms with van der Waals surface area (Å²) in [6, 6.07) is 2.08. The summed E-state index contributed by atoms with van der Waals surface area (Å²) < 4.78 is 8.15. The Morgan fingerprint density at radius 2 is 2.18 bits per heavy atom. The van der Waals surface area contributed by atoms with Crippen LogP contribution in [0.5, 0.6) is 5.88 Å². The van der Waals surface area contributed by atoms with Crippen molar-refractivity contribution < 1.29 is 4.74 Å². The zero-order valence-corrected chi connectivity index (χ0v) is 13.6. The second-order valence-corrected chi connectivity index (χ2v) is 6.38. The van der Waals surface area contributed by atoms with E-state index in [-0.39, 0.29) is 0 Å². The first-order valence-electron chi connectivity index (χ1n) is 8.55. The van der Waals surface area contributed by atoms with Crippen molar-refractivity contribution in [3.8, 4) is 5.88 Å². The van der Waals surface area contributed by atoms with Crippen LogP contribution in [0.3, 0.4) is 0 Å². The van der Waals surface area contributed by atoms with Gasteiger partial charge in [0.05, 0.1) is 5.69 Å². The molecule has 0 aromatic carbocycles. The molecule has 4 heteroatoms. The lowest BCUT2D eigenvalue weighted by Crippen LogP contribution is -2.13. The fourth-order valence-corrected chi connectivity index (χ4v) is 3.33. The van der Waals surface area contributed by atoms with E-state index in [0.717, 1.165) is 43.4 Å². The second kappa shape index (κ2) is 7.63. The van der Waals surface area contributed by atoms with Gasteiger partial charge in [-0.3, -0.25) is 0 Å². The number of hydrogen-bond acceptors (Lipinski definition) is 3. The molecule has 0 atom stereocenters. The zero-order valence-electron chi connectivity index (χ0n) is 13.6. The van der Waals surface area contributed by atoms with Crippen LogP contribution in [0.1, 0.15) is 44.2 Å². The van der Waals surface area contributed by atoms with Crippen LogP contribution < -0.4 is 10.1 Å². The lowest BCUT2D eigenvalue weighted by molar-refractivity contribution is 0.296. The Bertz CT molecular complexity index is 539. The molecule has 1 saturated carbocycles. The number of rotatable bonds is 7. The zero-order chi connectivity index (χ0) is 15.2. The molecule has 3 rings (SSSR count). The molecule has 120 valence electrons. The van der Waals surface area contributed by atoms with Crippen LogP contribution in [0, 0.1) is 5.92 Å². The molecule has 4 nitrogen and oxygen atoms in total. The van der Waals surface area contributed by atoms with Gasteiger partial charge in [0.15, 0.2) is 0 Å². The van der Waals surface area contributed by atoms with Crippen molar-refractivity contribution in [3.05, 3.63) is 35.6 Å². The summed E-state index contributed by atoms with van der Waals surface area (Å²) in [7, 11) is 1.95. The molecule has 2 aliphatic carbocycles. The van der Waals surface area contributed by atoms with Gasteiger partial charge in [-0.05, 0) is 44.2 Å². The van der Waals surface area contributed by atoms with Gasteiger partial charge < -0.3 is 10.1 Å². The van der Waals surface area contributed by atoms with Gasteiger partial charge in [-0.15, -0.1) is 0 Å². The summed E-state index contributed by atoms with van der Waals surface area (Å²) in [6.45, 7) is 2.43. The lowest BCUT2D eigenvalue weighted by Gasteiger charge is -2.14. The number of aromatic nitrogens is 2. The summed E-state index contributed by atoms with van der Waals surface area (Å²) in [5.74, 6) is 1.68. The van der Waals surface area contributed by atoms with Gasteiger partial charge in [0.25, 0.3) is 0 Å². The maximum absolute atomic E-state index is 6.07. The maximum Gasteiger partial charge on any atom is 0.212 e. The van der Waals surface area contributed by atoms with Crippen LogP contribution in [0.25, 0.3) is 0 Å². The molecule has 0 saturated heterocycles. The van der Waals surface area contributed by atoms with Crippen LogP contribution in [-0.4, -0.2) is 23.4 Å². The maximum atomic E-state index is 6.07. The van der Waals surface area contributed by atoms with E-state index in [1.807, 2.05) is 7.05 Å². The van der Waals surface area contributed by atoms with E-state index < -0.39 is 0 Å². The molecule has 0 unspecified atom stereocenters. The van der Waals surface area contributed by atoms with Gasteiger partial charge in [-0.25, -0.2) is 4.68 Å². The molecular weight excluding hydrogens is 274 g/mol. The summed E-state index contributed by atoms with van der Waals surface area (Å²) in [4.78, 5) is 0. The molecule has 0 radical (unpaired) electrons. The number of hydrogen-bond donors (Lipinski definition) is 1. The van der Waals surface area contributed by atoms with Crippen LogP contribution in [0.15, 0.2) is 29.9 Å². The smallest absolute Gasteiger partial charge is 0.212 e. The first-order valence-corrected chi connectivity index (χ1v) is 8.55. The standard InChI is InChI=1S/C18H27N3O/c1-19-12-17-11-18(22-14-16-9-3-2-4-10-16)21(20-17)13-15-7-5-6-8-15/h3,9-11,15,19H,2,4-8,12-14H2,1H3. The predicted molar refractivity (Wildman–Crippen MR) is 88.9 cm³/mol. The molecule has 0 spiro atoms. The SMILES string of the molecule is CNCc1cc(OCC2=CCCC=C2)n(CC2CCCC2)n1. The third-order valence-electron chi connectivity index (χ3n) is 4.52. The van der Waals surface area contributed by atoms with Crippen molar-refractivity contribution in [3.63, 3.8) is 0 Å². The van der Waals surface area contributed by atoms with E-state index in [2.05, 4.69) is 34.3 Å². The van der Waals surface area contributed by atoms with Crippen molar-refractivity contribution in [1.82, 2.24) is 15.1 Å². The Morgan fingerprint density at radius 1 is 1.32 bits per heavy atom. The summed E-state index contributed by atoms with van der Waals surface area (Å²) >= 11 is 0. The van der Waals surface area contributed by atoms with Gasteiger partial charge in [0, 0.05) is 19.2 Å². The van der Waals surface area contributed by atoms with E-state index in [0.29, 0.717) is 6.61 Å². The minimum atomic E-state index is 0.645. The monoisotopic (exact) mass is 301 g/mol. The van der Waals surface area contributed by atoms with Crippen LogP contribution in [-0.2, 0) is 13.1 Å². The average Bonchev–Trinajstić information content (AvgIpc) is 3.17. The van der Waals surface area contributed by atoms with Crippen LogP contribution in [0.4, 0.5) is 0 Å². The number of allylic oxidation sites excluding steroid dienone is 2. The van der Waals surface area contributed by atoms with Crippen molar-refractivity contribution in [2.24, 2.45) is 5.92 Å². The molecule has 0 aliphatic heterocycles. The fraction of sp³-hybridized carbons (Fsp3) is 0.611. The third kappa shape index (κ3) is 4.01. The van der Waals surface area contributed by atoms with Crippen molar-refractivity contribution in [2.45, 2.75) is 51.6 Å². The normalized spacial score (nSPS) is 18.7. The lowest BCUT2D eigenvalue weighted by atomic mass is 10.1. The van der Waals surface area contributed by atoms with E-state index in [4.69, 9.17) is 9.84 Å². The van der Waals surface area contributed by atoms with Crippen molar-refractivity contribution in [1.29, 1.82) is 0 Å². The van der Waals surface area contributed by atoms with Crippen LogP contribution >= 0.6 is 0 Å². The van der Waals surface area contributed by atoms with E-state index in [1.165, 1.54) is 31.3 Å². The highest BCUT2D eigenvalue weighted by Crippen LogP contribution is 2.28. The quantitative estimate of drug-likeness (QED) is 0.838. The first kappa shape index (κ1) is 15.3. The van der Waals surface area contributed by atoms with Gasteiger partial charge >= 0.3 is 0 Å².